The number of fused-ring (bicyclic) bond motifs is 3. The summed E-state index contributed by atoms with van der Waals surface area (Å²) in [7, 11) is 1.67. The van der Waals surface area contributed by atoms with Gasteiger partial charge in [-0.05, 0) is 36.1 Å². The van der Waals surface area contributed by atoms with Crippen LogP contribution in [0.25, 0.3) is 27.4 Å². The van der Waals surface area contributed by atoms with Crippen LogP contribution in [0.1, 0.15) is 11.3 Å². The summed E-state index contributed by atoms with van der Waals surface area (Å²) in [6.07, 6.45) is 2.12. The summed E-state index contributed by atoms with van der Waals surface area (Å²) in [5, 5.41) is 11.7. The second-order valence-electron chi connectivity index (χ2n) is 5.85. The van der Waals surface area contributed by atoms with Gasteiger partial charge in [0, 0.05) is 22.8 Å². The standard InChI is InChI=1S/C21H16N2O/c1-14-11-16(12-22)21-19-6-4-3-5-18(19)20(13-23(14)21)15-7-9-17(24-2)10-8-15/h3-11,13H,1-2H3. The molecule has 0 saturated carbocycles. The second-order valence-corrected chi connectivity index (χ2v) is 5.85. The van der Waals surface area contributed by atoms with Crippen molar-refractivity contribution in [2.24, 2.45) is 0 Å². The second kappa shape index (κ2) is 5.43. The van der Waals surface area contributed by atoms with Gasteiger partial charge < -0.3 is 9.14 Å². The molecule has 3 heteroatoms. The quantitative estimate of drug-likeness (QED) is 0.525. The predicted octanol–water partition coefficient (Wildman–Crippen LogP) is 4.95. The first-order chi connectivity index (χ1) is 11.7. The number of nitrogens with zero attached hydrogens (tertiary/aromatic N) is 2. The minimum Gasteiger partial charge on any atom is -0.497 e. The van der Waals surface area contributed by atoms with Gasteiger partial charge in [0.1, 0.15) is 11.8 Å². The SMILES string of the molecule is COc1ccc(-c2cn3c(C)cc(C#N)c3c3ccccc23)cc1. The maximum atomic E-state index is 9.48. The number of hydrogen-bond donors (Lipinski definition) is 0. The van der Waals surface area contributed by atoms with E-state index in [1.807, 2.05) is 37.3 Å². The molecule has 24 heavy (non-hydrogen) atoms. The largest absolute Gasteiger partial charge is 0.497 e. The zero-order chi connectivity index (χ0) is 16.7. The monoisotopic (exact) mass is 312 g/mol. The molecule has 0 fully saturated rings. The van der Waals surface area contributed by atoms with Gasteiger partial charge >= 0.3 is 0 Å². The highest BCUT2D eigenvalue weighted by molar-refractivity contribution is 6.06. The van der Waals surface area contributed by atoms with Crippen molar-refractivity contribution in [2.75, 3.05) is 7.11 Å². The van der Waals surface area contributed by atoms with Crippen molar-refractivity contribution in [1.29, 1.82) is 5.26 Å². The average molecular weight is 312 g/mol. The molecular formula is C21H16N2O. The highest BCUT2D eigenvalue weighted by Gasteiger charge is 2.13. The van der Waals surface area contributed by atoms with Crippen LogP contribution in [-0.4, -0.2) is 11.5 Å². The molecule has 0 aliphatic rings. The molecule has 2 aromatic carbocycles. The minimum atomic E-state index is 0.713. The lowest BCUT2D eigenvalue weighted by Crippen LogP contribution is -1.92. The topological polar surface area (TPSA) is 37.4 Å². The van der Waals surface area contributed by atoms with Gasteiger partial charge in [0.05, 0.1) is 18.2 Å². The number of pyridine rings is 1. The third kappa shape index (κ3) is 2.04. The van der Waals surface area contributed by atoms with Crippen molar-refractivity contribution in [3.63, 3.8) is 0 Å². The number of benzene rings is 2. The van der Waals surface area contributed by atoms with Crippen molar-refractivity contribution in [3.8, 4) is 22.9 Å². The van der Waals surface area contributed by atoms with Crippen LogP contribution in [0.5, 0.6) is 5.75 Å². The van der Waals surface area contributed by atoms with Crippen LogP contribution in [0.2, 0.25) is 0 Å². The fraction of sp³-hybridized carbons (Fsp3) is 0.0952. The first-order valence-electron chi connectivity index (χ1n) is 7.81. The van der Waals surface area contributed by atoms with E-state index in [-0.39, 0.29) is 0 Å². The van der Waals surface area contributed by atoms with E-state index >= 15 is 0 Å². The Kier molecular flexibility index (Phi) is 3.25. The fourth-order valence-corrected chi connectivity index (χ4v) is 3.30. The van der Waals surface area contributed by atoms with E-state index in [4.69, 9.17) is 4.74 Å². The van der Waals surface area contributed by atoms with Crippen LogP contribution in [0.4, 0.5) is 0 Å². The predicted molar refractivity (Wildman–Crippen MR) is 96.3 cm³/mol. The molecule has 0 saturated heterocycles. The van der Waals surface area contributed by atoms with Crippen LogP contribution >= 0.6 is 0 Å². The zero-order valence-electron chi connectivity index (χ0n) is 13.6. The summed E-state index contributed by atoms with van der Waals surface area (Å²) >= 11 is 0. The molecule has 0 unspecified atom stereocenters. The Bertz CT molecular complexity index is 1100. The van der Waals surface area contributed by atoms with E-state index in [2.05, 4.69) is 40.9 Å². The van der Waals surface area contributed by atoms with Gasteiger partial charge in [0.15, 0.2) is 0 Å². The third-order valence-corrected chi connectivity index (χ3v) is 4.48. The summed E-state index contributed by atoms with van der Waals surface area (Å²) in [4.78, 5) is 0. The summed E-state index contributed by atoms with van der Waals surface area (Å²) in [6.45, 7) is 2.03. The normalized spacial score (nSPS) is 10.9. The van der Waals surface area contributed by atoms with E-state index in [0.29, 0.717) is 5.56 Å². The van der Waals surface area contributed by atoms with Gasteiger partial charge in [-0.2, -0.15) is 5.26 Å². The summed E-state index contributed by atoms with van der Waals surface area (Å²) in [5.41, 5.74) is 5.01. The minimum absolute atomic E-state index is 0.713. The van der Waals surface area contributed by atoms with Crippen LogP contribution in [0.3, 0.4) is 0 Å². The Morgan fingerprint density at radius 3 is 2.38 bits per heavy atom. The van der Waals surface area contributed by atoms with Crippen molar-refractivity contribution >= 4 is 16.3 Å². The summed E-state index contributed by atoms with van der Waals surface area (Å²) < 4.78 is 7.37. The number of hydrogen-bond acceptors (Lipinski definition) is 2. The summed E-state index contributed by atoms with van der Waals surface area (Å²) in [5.74, 6) is 0.841. The van der Waals surface area contributed by atoms with Gasteiger partial charge in [-0.25, -0.2) is 0 Å². The van der Waals surface area contributed by atoms with E-state index in [0.717, 1.165) is 38.9 Å². The van der Waals surface area contributed by atoms with Gasteiger partial charge in [0.25, 0.3) is 0 Å². The Morgan fingerprint density at radius 1 is 1.00 bits per heavy atom. The van der Waals surface area contributed by atoms with E-state index in [1.165, 1.54) is 0 Å². The maximum Gasteiger partial charge on any atom is 0.118 e. The fourth-order valence-electron chi connectivity index (χ4n) is 3.30. The Balaban J connectivity index is 2.11. The zero-order valence-corrected chi connectivity index (χ0v) is 13.6. The number of aryl methyl sites for hydroxylation is 1. The highest BCUT2D eigenvalue weighted by atomic mass is 16.5. The Morgan fingerprint density at radius 2 is 1.71 bits per heavy atom. The molecule has 0 aliphatic carbocycles. The molecule has 0 amide bonds. The molecule has 2 aromatic heterocycles. The van der Waals surface area contributed by atoms with Crippen molar-refractivity contribution < 1.29 is 4.74 Å². The number of nitriles is 1. The highest BCUT2D eigenvalue weighted by Crippen LogP contribution is 2.34. The maximum absolute atomic E-state index is 9.48. The number of methoxy groups -OCH3 is 1. The van der Waals surface area contributed by atoms with Crippen molar-refractivity contribution in [1.82, 2.24) is 4.40 Å². The third-order valence-electron chi connectivity index (χ3n) is 4.48. The van der Waals surface area contributed by atoms with Crippen LogP contribution < -0.4 is 4.74 Å². The number of rotatable bonds is 2. The lowest BCUT2D eigenvalue weighted by atomic mass is 9.99. The van der Waals surface area contributed by atoms with E-state index in [1.54, 1.807) is 7.11 Å². The summed E-state index contributed by atoms with van der Waals surface area (Å²) in [6, 6.07) is 20.6. The molecule has 0 atom stereocenters. The number of ether oxygens (including phenoxy) is 1. The van der Waals surface area contributed by atoms with Crippen LogP contribution in [-0.2, 0) is 0 Å². The van der Waals surface area contributed by atoms with E-state index < -0.39 is 0 Å². The molecule has 0 bridgehead atoms. The molecule has 0 radical (unpaired) electrons. The molecule has 116 valence electrons. The van der Waals surface area contributed by atoms with Crippen LogP contribution in [0, 0.1) is 18.3 Å². The van der Waals surface area contributed by atoms with Gasteiger partial charge in [-0.1, -0.05) is 36.4 Å². The van der Waals surface area contributed by atoms with Gasteiger partial charge in [-0.15, -0.1) is 0 Å². The van der Waals surface area contributed by atoms with E-state index in [9.17, 15) is 5.26 Å². The van der Waals surface area contributed by atoms with Crippen molar-refractivity contribution in [2.45, 2.75) is 6.92 Å². The molecule has 4 aromatic rings. The molecule has 4 rings (SSSR count). The molecule has 0 N–H and O–H groups in total. The average Bonchev–Trinajstić information content (AvgIpc) is 2.97. The number of aromatic nitrogens is 1. The van der Waals surface area contributed by atoms with Crippen molar-refractivity contribution in [3.05, 3.63) is 72.1 Å². The lowest BCUT2D eigenvalue weighted by Gasteiger charge is -2.11. The first-order valence-corrected chi connectivity index (χ1v) is 7.81. The van der Waals surface area contributed by atoms with Crippen LogP contribution in [0.15, 0.2) is 60.8 Å². The molecule has 2 heterocycles. The molecule has 0 spiro atoms. The Hall–Kier alpha value is -3.25. The lowest BCUT2D eigenvalue weighted by molar-refractivity contribution is 0.415. The molecule has 0 aliphatic heterocycles. The molecule has 3 nitrogen and oxygen atoms in total. The molecular weight excluding hydrogens is 296 g/mol. The van der Waals surface area contributed by atoms with Gasteiger partial charge in [0.2, 0.25) is 0 Å². The first kappa shape index (κ1) is 14.3. The van der Waals surface area contributed by atoms with Gasteiger partial charge in [-0.3, -0.25) is 0 Å². The Labute approximate surface area is 140 Å². The smallest absolute Gasteiger partial charge is 0.118 e.